The highest BCUT2D eigenvalue weighted by molar-refractivity contribution is 7.99. The first-order valence-corrected chi connectivity index (χ1v) is 10.7. The number of carbonyl (C=O) groups is 1. The molecule has 0 unspecified atom stereocenters. The minimum atomic E-state index is -0.303. The van der Waals surface area contributed by atoms with Crippen LogP contribution in [0, 0.1) is 12.7 Å². The number of aryl methyl sites for hydroxylation is 1. The van der Waals surface area contributed by atoms with Gasteiger partial charge in [0.1, 0.15) is 11.6 Å². The van der Waals surface area contributed by atoms with Gasteiger partial charge in [0.05, 0.1) is 17.9 Å². The number of thioether (sulfide) groups is 1. The van der Waals surface area contributed by atoms with E-state index < -0.39 is 0 Å². The molecule has 0 spiro atoms. The number of benzene rings is 2. The topological polar surface area (TPSA) is 81.2 Å². The number of hydrogen-bond acceptors (Lipinski definition) is 6. The SMILES string of the molecule is Cc1ccc(NC(=O)CSc2nnc(C[C@@H](c3ccc(F)cc3)c3ccco3)o2)cc1. The van der Waals surface area contributed by atoms with E-state index in [1.165, 1.54) is 23.9 Å². The van der Waals surface area contributed by atoms with Gasteiger partial charge in [-0.2, -0.15) is 0 Å². The van der Waals surface area contributed by atoms with Crippen LogP contribution in [0.5, 0.6) is 0 Å². The van der Waals surface area contributed by atoms with E-state index in [0.29, 0.717) is 17.5 Å². The molecule has 0 saturated heterocycles. The molecule has 1 amide bonds. The van der Waals surface area contributed by atoms with E-state index in [1.807, 2.05) is 37.3 Å². The van der Waals surface area contributed by atoms with Crippen LogP contribution in [0.2, 0.25) is 0 Å². The van der Waals surface area contributed by atoms with E-state index in [4.69, 9.17) is 8.83 Å². The van der Waals surface area contributed by atoms with Gasteiger partial charge in [0.2, 0.25) is 11.8 Å². The van der Waals surface area contributed by atoms with Crippen LogP contribution >= 0.6 is 11.8 Å². The summed E-state index contributed by atoms with van der Waals surface area (Å²) in [5, 5.41) is 11.3. The van der Waals surface area contributed by atoms with E-state index in [-0.39, 0.29) is 23.4 Å². The van der Waals surface area contributed by atoms with Gasteiger partial charge in [-0.1, -0.05) is 41.6 Å². The highest BCUT2D eigenvalue weighted by atomic mass is 32.2. The normalized spacial score (nSPS) is 11.9. The van der Waals surface area contributed by atoms with Crippen LogP contribution in [-0.2, 0) is 11.2 Å². The zero-order valence-corrected chi connectivity index (χ0v) is 17.6. The molecule has 1 atom stereocenters. The predicted molar refractivity (Wildman–Crippen MR) is 115 cm³/mol. The second kappa shape index (κ2) is 9.61. The largest absolute Gasteiger partial charge is 0.469 e. The van der Waals surface area contributed by atoms with Gasteiger partial charge in [-0.05, 0) is 48.9 Å². The molecule has 2 heterocycles. The van der Waals surface area contributed by atoms with Crippen molar-refractivity contribution in [3.63, 3.8) is 0 Å². The van der Waals surface area contributed by atoms with Crippen molar-refractivity contribution >= 4 is 23.4 Å². The third kappa shape index (κ3) is 5.61. The Balaban J connectivity index is 1.38. The number of hydrogen-bond donors (Lipinski definition) is 1. The summed E-state index contributed by atoms with van der Waals surface area (Å²) < 4.78 is 24.6. The molecule has 2 aromatic heterocycles. The summed E-state index contributed by atoms with van der Waals surface area (Å²) in [4.78, 5) is 12.2. The molecule has 4 rings (SSSR count). The summed E-state index contributed by atoms with van der Waals surface area (Å²) in [6.07, 6.45) is 1.98. The van der Waals surface area contributed by atoms with Gasteiger partial charge in [-0.3, -0.25) is 4.79 Å². The van der Waals surface area contributed by atoms with Crippen molar-refractivity contribution in [2.24, 2.45) is 0 Å². The first-order valence-electron chi connectivity index (χ1n) is 9.67. The lowest BCUT2D eigenvalue weighted by Gasteiger charge is -2.13. The van der Waals surface area contributed by atoms with E-state index >= 15 is 0 Å². The quantitative estimate of drug-likeness (QED) is 0.381. The highest BCUT2D eigenvalue weighted by Crippen LogP contribution is 2.29. The van der Waals surface area contributed by atoms with Crippen LogP contribution < -0.4 is 5.32 Å². The zero-order valence-electron chi connectivity index (χ0n) is 16.7. The Morgan fingerprint density at radius 1 is 1.10 bits per heavy atom. The van der Waals surface area contributed by atoms with Crippen LogP contribution in [0.4, 0.5) is 10.1 Å². The molecule has 0 aliphatic heterocycles. The second-order valence-electron chi connectivity index (χ2n) is 6.99. The number of halogens is 1. The Labute approximate surface area is 182 Å². The number of rotatable bonds is 8. The average Bonchev–Trinajstić information content (AvgIpc) is 3.45. The first-order chi connectivity index (χ1) is 15.1. The third-order valence-electron chi connectivity index (χ3n) is 4.65. The maximum Gasteiger partial charge on any atom is 0.277 e. The maximum atomic E-state index is 13.3. The molecule has 0 saturated carbocycles. The van der Waals surface area contributed by atoms with E-state index in [1.54, 1.807) is 24.5 Å². The molecule has 4 aromatic rings. The lowest BCUT2D eigenvalue weighted by molar-refractivity contribution is -0.113. The molecule has 8 heteroatoms. The number of amides is 1. The standard InChI is InChI=1S/C23H20FN3O3S/c1-15-4-10-18(11-5-15)25-21(28)14-31-23-27-26-22(30-23)13-19(20-3-2-12-29-20)16-6-8-17(24)9-7-16/h2-12,19H,13-14H2,1H3,(H,25,28)/t19-/m0/s1. The summed E-state index contributed by atoms with van der Waals surface area (Å²) in [7, 11) is 0. The fourth-order valence-corrected chi connectivity index (χ4v) is 3.66. The molecule has 158 valence electrons. The van der Waals surface area contributed by atoms with Crippen LogP contribution in [0.25, 0.3) is 0 Å². The van der Waals surface area contributed by atoms with E-state index in [0.717, 1.165) is 22.6 Å². The highest BCUT2D eigenvalue weighted by Gasteiger charge is 2.21. The van der Waals surface area contributed by atoms with Crippen LogP contribution in [0.15, 0.2) is 81.0 Å². The average molecular weight is 437 g/mol. The fourth-order valence-electron chi connectivity index (χ4n) is 3.08. The van der Waals surface area contributed by atoms with Crippen molar-refractivity contribution in [1.82, 2.24) is 10.2 Å². The Hall–Kier alpha value is -3.39. The Bertz CT molecular complexity index is 1130. The van der Waals surface area contributed by atoms with Crippen LogP contribution in [-0.4, -0.2) is 21.9 Å². The van der Waals surface area contributed by atoms with Crippen molar-refractivity contribution in [3.05, 3.63) is 95.5 Å². The molecule has 31 heavy (non-hydrogen) atoms. The Morgan fingerprint density at radius 3 is 2.58 bits per heavy atom. The molecule has 0 radical (unpaired) electrons. The molecular formula is C23H20FN3O3S. The number of nitrogens with one attached hydrogen (secondary N) is 1. The van der Waals surface area contributed by atoms with Gasteiger partial charge in [-0.25, -0.2) is 4.39 Å². The number of carbonyl (C=O) groups excluding carboxylic acids is 1. The minimum absolute atomic E-state index is 0.148. The number of anilines is 1. The molecule has 1 N–H and O–H groups in total. The predicted octanol–water partition coefficient (Wildman–Crippen LogP) is 5.22. The van der Waals surface area contributed by atoms with Gasteiger partial charge in [0.15, 0.2) is 0 Å². The van der Waals surface area contributed by atoms with E-state index in [2.05, 4.69) is 15.5 Å². The summed E-state index contributed by atoms with van der Waals surface area (Å²) >= 11 is 1.17. The number of aromatic nitrogens is 2. The molecule has 2 aromatic carbocycles. The van der Waals surface area contributed by atoms with Crippen LogP contribution in [0.3, 0.4) is 0 Å². The molecule has 0 aliphatic carbocycles. The number of nitrogens with zero attached hydrogens (tertiary/aromatic N) is 2. The molecular weight excluding hydrogens is 417 g/mol. The lowest BCUT2D eigenvalue weighted by atomic mass is 9.93. The summed E-state index contributed by atoms with van der Waals surface area (Å²) in [6, 6.07) is 17.5. The molecule has 6 nitrogen and oxygen atoms in total. The van der Waals surface area contributed by atoms with Crippen molar-refractivity contribution < 1.29 is 18.0 Å². The van der Waals surface area contributed by atoms with Crippen molar-refractivity contribution in [1.29, 1.82) is 0 Å². The third-order valence-corrected chi connectivity index (χ3v) is 5.47. The summed E-state index contributed by atoms with van der Waals surface area (Å²) in [6.45, 7) is 1.99. The van der Waals surface area contributed by atoms with Gasteiger partial charge in [0, 0.05) is 12.1 Å². The van der Waals surface area contributed by atoms with Gasteiger partial charge < -0.3 is 14.2 Å². The summed E-state index contributed by atoms with van der Waals surface area (Å²) in [5.41, 5.74) is 2.74. The molecule has 0 fully saturated rings. The lowest BCUT2D eigenvalue weighted by Crippen LogP contribution is -2.13. The smallest absolute Gasteiger partial charge is 0.277 e. The van der Waals surface area contributed by atoms with Gasteiger partial charge in [0.25, 0.3) is 5.22 Å². The number of furan rings is 1. The zero-order chi connectivity index (χ0) is 21.6. The second-order valence-corrected chi connectivity index (χ2v) is 7.91. The van der Waals surface area contributed by atoms with Crippen molar-refractivity contribution in [3.8, 4) is 0 Å². The van der Waals surface area contributed by atoms with Crippen molar-refractivity contribution in [2.75, 3.05) is 11.1 Å². The molecule has 0 bridgehead atoms. The summed E-state index contributed by atoms with van der Waals surface area (Å²) in [5.74, 6) is 0.618. The molecule has 0 aliphatic rings. The fraction of sp³-hybridized carbons (Fsp3) is 0.174. The Kier molecular flexibility index (Phi) is 6.47. The minimum Gasteiger partial charge on any atom is -0.469 e. The van der Waals surface area contributed by atoms with E-state index in [9.17, 15) is 9.18 Å². The first kappa shape index (κ1) is 20.9. The van der Waals surface area contributed by atoms with Gasteiger partial charge >= 0.3 is 0 Å². The monoisotopic (exact) mass is 437 g/mol. The van der Waals surface area contributed by atoms with Crippen molar-refractivity contribution in [2.45, 2.75) is 24.5 Å². The Morgan fingerprint density at radius 2 is 1.87 bits per heavy atom. The van der Waals surface area contributed by atoms with Gasteiger partial charge in [-0.15, -0.1) is 10.2 Å². The van der Waals surface area contributed by atoms with Crippen LogP contribution in [0.1, 0.15) is 28.7 Å². The maximum absolute atomic E-state index is 13.3.